The number of phenolic OH excluding ortho intramolecular Hbond substituents is 1. The fraction of sp³-hybridized carbons (Fsp3) is 0.412. The second kappa shape index (κ2) is 6.45. The van der Waals surface area contributed by atoms with Crippen molar-refractivity contribution in [1.82, 2.24) is 9.80 Å². The first-order valence-electron chi connectivity index (χ1n) is 7.78. The van der Waals surface area contributed by atoms with Crippen LogP contribution >= 0.6 is 11.6 Å². The monoisotopic (exact) mass is 350 g/mol. The van der Waals surface area contributed by atoms with Gasteiger partial charge in [-0.1, -0.05) is 11.6 Å². The van der Waals surface area contributed by atoms with E-state index in [0.717, 1.165) is 13.1 Å². The second-order valence-electron chi connectivity index (χ2n) is 6.15. The van der Waals surface area contributed by atoms with Crippen LogP contribution in [0.1, 0.15) is 11.1 Å². The third-order valence-corrected chi connectivity index (χ3v) is 4.84. The molecule has 0 aliphatic carbocycles. The molecule has 0 radical (unpaired) electrons. The number of benzene rings is 1. The van der Waals surface area contributed by atoms with Gasteiger partial charge >= 0.3 is 5.63 Å². The van der Waals surface area contributed by atoms with Crippen LogP contribution in [0, 0.1) is 6.92 Å². The number of aromatic hydroxyl groups is 1. The van der Waals surface area contributed by atoms with E-state index >= 15 is 0 Å². The van der Waals surface area contributed by atoms with Gasteiger partial charge in [-0.15, -0.1) is 0 Å². The van der Waals surface area contributed by atoms with E-state index in [9.17, 15) is 14.7 Å². The van der Waals surface area contributed by atoms with E-state index < -0.39 is 5.63 Å². The molecule has 0 saturated carbocycles. The Balaban J connectivity index is 1.93. The van der Waals surface area contributed by atoms with E-state index in [-0.39, 0.29) is 28.7 Å². The van der Waals surface area contributed by atoms with Crippen molar-refractivity contribution in [2.24, 2.45) is 0 Å². The van der Waals surface area contributed by atoms with Crippen molar-refractivity contribution in [3.63, 3.8) is 0 Å². The summed E-state index contributed by atoms with van der Waals surface area (Å²) in [7, 11) is 2.02. The molecule has 0 bridgehead atoms. The summed E-state index contributed by atoms with van der Waals surface area (Å²) in [4.78, 5) is 28.7. The summed E-state index contributed by atoms with van der Waals surface area (Å²) < 4.78 is 5.26. The number of halogens is 1. The lowest BCUT2D eigenvalue weighted by atomic mass is 10.0. The van der Waals surface area contributed by atoms with E-state index in [2.05, 4.69) is 4.90 Å². The average Bonchev–Trinajstić information content (AvgIpc) is 2.54. The van der Waals surface area contributed by atoms with Gasteiger partial charge in [0.25, 0.3) is 0 Å². The van der Waals surface area contributed by atoms with Crippen LogP contribution < -0.4 is 5.63 Å². The van der Waals surface area contributed by atoms with Crippen LogP contribution in [0.2, 0.25) is 5.02 Å². The molecule has 7 heteroatoms. The molecule has 0 atom stereocenters. The Hall–Kier alpha value is -2.05. The molecule has 0 unspecified atom stereocenters. The molecule has 24 heavy (non-hydrogen) atoms. The molecule has 1 saturated heterocycles. The molecular formula is C17H19ClN2O4. The SMILES string of the molecule is Cc1c(CC(=O)N2CCN(C)CC2)c(=O)oc2cc(O)c(Cl)cc12. The number of aryl methyl sites for hydroxylation is 1. The topological polar surface area (TPSA) is 74.0 Å². The van der Waals surface area contributed by atoms with E-state index in [1.807, 2.05) is 7.05 Å². The Morgan fingerprint density at radius 3 is 2.62 bits per heavy atom. The van der Waals surface area contributed by atoms with Gasteiger partial charge in [-0.25, -0.2) is 4.79 Å². The van der Waals surface area contributed by atoms with Crippen molar-refractivity contribution in [2.75, 3.05) is 33.2 Å². The molecule has 1 aromatic heterocycles. The molecule has 1 N–H and O–H groups in total. The maximum atomic E-state index is 12.5. The molecule has 0 spiro atoms. The minimum atomic E-state index is -0.552. The van der Waals surface area contributed by atoms with Gasteiger partial charge in [0.2, 0.25) is 5.91 Å². The highest BCUT2D eigenvalue weighted by atomic mass is 35.5. The summed E-state index contributed by atoms with van der Waals surface area (Å²) in [5.74, 6) is -0.226. The van der Waals surface area contributed by atoms with Gasteiger partial charge in [-0.05, 0) is 25.6 Å². The predicted molar refractivity (Wildman–Crippen MR) is 91.7 cm³/mol. The van der Waals surface area contributed by atoms with E-state index in [1.54, 1.807) is 17.9 Å². The first-order chi connectivity index (χ1) is 11.4. The minimum absolute atomic E-state index is 0.00627. The maximum Gasteiger partial charge on any atom is 0.340 e. The van der Waals surface area contributed by atoms with Crippen molar-refractivity contribution < 1.29 is 14.3 Å². The second-order valence-corrected chi connectivity index (χ2v) is 6.56. The Labute approximate surface area is 144 Å². The van der Waals surface area contributed by atoms with Gasteiger partial charge < -0.3 is 19.3 Å². The molecule has 3 rings (SSSR count). The van der Waals surface area contributed by atoms with Crippen LogP contribution in [0.3, 0.4) is 0 Å². The predicted octanol–water partition coefficient (Wildman–Crippen LogP) is 1.78. The van der Waals surface area contributed by atoms with E-state index in [4.69, 9.17) is 16.0 Å². The number of phenols is 1. The molecule has 1 aromatic carbocycles. The Kier molecular flexibility index (Phi) is 4.51. The molecule has 1 fully saturated rings. The fourth-order valence-electron chi connectivity index (χ4n) is 2.92. The van der Waals surface area contributed by atoms with Gasteiger partial charge in [-0.3, -0.25) is 4.79 Å². The molecule has 1 amide bonds. The number of hydrogen-bond acceptors (Lipinski definition) is 5. The fourth-order valence-corrected chi connectivity index (χ4v) is 3.08. The van der Waals surface area contributed by atoms with Gasteiger partial charge in [0, 0.05) is 37.6 Å². The van der Waals surface area contributed by atoms with Gasteiger partial charge in [-0.2, -0.15) is 0 Å². The van der Waals surface area contributed by atoms with Gasteiger partial charge in [0.15, 0.2) is 0 Å². The number of amides is 1. The van der Waals surface area contributed by atoms with Crippen molar-refractivity contribution >= 4 is 28.5 Å². The number of carbonyl (C=O) groups is 1. The van der Waals surface area contributed by atoms with Crippen LogP contribution in [0.4, 0.5) is 0 Å². The number of fused-ring (bicyclic) bond motifs is 1. The largest absolute Gasteiger partial charge is 0.506 e. The Morgan fingerprint density at radius 2 is 1.96 bits per heavy atom. The Morgan fingerprint density at radius 1 is 1.29 bits per heavy atom. The van der Waals surface area contributed by atoms with Crippen molar-refractivity contribution in [3.8, 4) is 5.75 Å². The highest BCUT2D eigenvalue weighted by molar-refractivity contribution is 6.32. The molecule has 2 heterocycles. The van der Waals surface area contributed by atoms with Crippen LogP contribution in [0.25, 0.3) is 11.0 Å². The summed E-state index contributed by atoms with van der Waals surface area (Å²) >= 11 is 5.94. The molecular weight excluding hydrogens is 332 g/mol. The number of nitrogens with zero attached hydrogens (tertiary/aromatic N) is 2. The van der Waals surface area contributed by atoms with Crippen LogP contribution in [-0.4, -0.2) is 54.0 Å². The molecule has 6 nitrogen and oxygen atoms in total. The van der Waals surface area contributed by atoms with Crippen LogP contribution in [-0.2, 0) is 11.2 Å². The van der Waals surface area contributed by atoms with E-state index in [0.29, 0.717) is 29.6 Å². The molecule has 1 aliphatic rings. The van der Waals surface area contributed by atoms with Crippen LogP contribution in [0.5, 0.6) is 5.75 Å². The standard InChI is InChI=1S/C17H19ClN2O4/c1-10-11-7-13(18)14(21)9-15(11)24-17(23)12(10)8-16(22)20-5-3-19(2)4-6-20/h7,9,21H,3-6,8H2,1-2H3. The van der Waals surface area contributed by atoms with Gasteiger partial charge in [0.05, 0.1) is 17.0 Å². The number of likely N-dealkylation sites (N-methyl/N-ethyl adjacent to an activating group) is 1. The zero-order chi connectivity index (χ0) is 17.4. The van der Waals surface area contributed by atoms with Crippen LogP contribution in [0.15, 0.2) is 21.3 Å². The normalized spacial score (nSPS) is 15.9. The maximum absolute atomic E-state index is 12.5. The summed E-state index contributed by atoms with van der Waals surface area (Å²) in [6.45, 7) is 4.73. The summed E-state index contributed by atoms with van der Waals surface area (Å²) in [6, 6.07) is 2.87. The highest BCUT2D eigenvalue weighted by Gasteiger charge is 2.22. The average molecular weight is 351 g/mol. The third kappa shape index (κ3) is 3.12. The van der Waals surface area contributed by atoms with Crippen molar-refractivity contribution in [3.05, 3.63) is 38.7 Å². The zero-order valence-corrected chi connectivity index (χ0v) is 14.4. The first-order valence-corrected chi connectivity index (χ1v) is 8.15. The summed E-state index contributed by atoms with van der Waals surface area (Å²) in [5, 5.41) is 10.4. The van der Waals surface area contributed by atoms with E-state index in [1.165, 1.54) is 6.07 Å². The number of piperazine rings is 1. The summed E-state index contributed by atoms with van der Waals surface area (Å²) in [5.41, 5.74) is 0.707. The quantitative estimate of drug-likeness (QED) is 0.836. The van der Waals surface area contributed by atoms with Crippen molar-refractivity contribution in [1.29, 1.82) is 0 Å². The van der Waals surface area contributed by atoms with Gasteiger partial charge in [0.1, 0.15) is 11.3 Å². The van der Waals surface area contributed by atoms with Crippen molar-refractivity contribution in [2.45, 2.75) is 13.3 Å². The smallest absolute Gasteiger partial charge is 0.340 e. The molecule has 1 aliphatic heterocycles. The number of hydrogen-bond donors (Lipinski definition) is 1. The number of carbonyl (C=O) groups excluding carboxylic acids is 1. The first kappa shape index (κ1) is 16.8. The summed E-state index contributed by atoms with van der Waals surface area (Å²) in [6.07, 6.45) is 0.00627. The Bertz CT molecular complexity index is 854. The third-order valence-electron chi connectivity index (χ3n) is 4.54. The minimum Gasteiger partial charge on any atom is -0.506 e. The zero-order valence-electron chi connectivity index (χ0n) is 13.6. The lowest BCUT2D eigenvalue weighted by molar-refractivity contribution is -0.132. The molecule has 2 aromatic rings. The number of rotatable bonds is 2. The lowest BCUT2D eigenvalue weighted by Crippen LogP contribution is -2.47. The lowest BCUT2D eigenvalue weighted by Gasteiger charge is -2.32. The highest BCUT2D eigenvalue weighted by Crippen LogP contribution is 2.30. The molecule has 128 valence electrons.